The normalized spacial score (nSPS) is 18.8. The number of para-hydroxylation sites is 1. The first-order chi connectivity index (χ1) is 11.6. The SMILES string of the molecule is CC(C)Oc1ccccc1CN1CCO[C@H](c2cccc(F)c2)C1. The lowest BCUT2D eigenvalue weighted by Gasteiger charge is -2.33. The number of hydrogen-bond donors (Lipinski definition) is 0. The molecule has 24 heavy (non-hydrogen) atoms. The van der Waals surface area contributed by atoms with Gasteiger partial charge in [-0.1, -0.05) is 30.3 Å². The maximum atomic E-state index is 13.5. The van der Waals surface area contributed by atoms with E-state index in [2.05, 4.69) is 11.0 Å². The van der Waals surface area contributed by atoms with Crippen LogP contribution in [0.25, 0.3) is 0 Å². The van der Waals surface area contributed by atoms with E-state index in [1.54, 1.807) is 12.1 Å². The van der Waals surface area contributed by atoms with E-state index in [9.17, 15) is 4.39 Å². The lowest BCUT2D eigenvalue weighted by Crippen LogP contribution is -2.38. The van der Waals surface area contributed by atoms with Gasteiger partial charge in [0, 0.05) is 25.2 Å². The van der Waals surface area contributed by atoms with Crippen molar-refractivity contribution in [2.75, 3.05) is 19.7 Å². The van der Waals surface area contributed by atoms with Crippen LogP contribution in [0.4, 0.5) is 4.39 Å². The van der Waals surface area contributed by atoms with E-state index in [-0.39, 0.29) is 18.0 Å². The highest BCUT2D eigenvalue weighted by Gasteiger charge is 2.23. The molecular formula is C20H24FNO2. The molecule has 1 fully saturated rings. The summed E-state index contributed by atoms with van der Waals surface area (Å²) >= 11 is 0. The Hall–Kier alpha value is -1.91. The van der Waals surface area contributed by atoms with Gasteiger partial charge in [-0.2, -0.15) is 0 Å². The molecule has 1 saturated heterocycles. The lowest BCUT2D eigenvalue weighted by molar-refractivity contribution is -0.0333. The molecule has 0 unspecified atom stereocenters. The Morgan fingerprint density at radius 1 is 1.21 bits per heavy atom. The van der Waals surface area contributed by atoms with E-state index in [1.807, 2.05) is 38.1 Å². The van der Waals surface area contributed by atoms with Gasteiger partial charge >= 0.3 is 0 Å². The zero-order valence-corrected chi connectivity index (χ0v) is 14.2. The van der Waals surface area contributed by atoms with E-state index in [4.69, 9.17) is 9.47 Å². The summed E-state index contributed by atoms with van der Waals surface area (Å²) in [5.41, 5.74) is 2.07. The van der Waals surface area contributed by atoms with Crippen LogP contribution in [-0.2, 0) is 11.3 Å². The van der Waals surface area contributed by atoms with Crippen molar-refractivity contribution in [1.82, 2.24) is 4.90 Å². The van der Waals surface area contributed by atoms with Gasteiger partial charge in [0.05, 0.1) is 18.8 Å². The molecule has 128 valence electrons. The quantitative estimate of drug-likeness (QED) is 0.821. The van der Waals surface area contributed by atoms with Crippen LogP contribution in [0.2, 0.25) is 0 Å². The van der Waals surface area contributed by atoms with Crippen LogP contribution < -0.4 is 4.74 Å². The lowest BCUT2D eigenvalue weighted by atomic mass is 10.1. The van der Waals surface area contributed by atoms with E-state index in [0.29, 0.717) is 6.61 Å². The molecule has 1 aliphatic heterocycles. The van der Waals surface area contributed by atoms with Crippen molar-refractivity contribution in [3.05, 3.63) is 65.5 Å². The Bertz CT molecular complexity index is 674. The molecule has 1 atom stereocenters. The molecule has 0 amide bonds. The summed E-state index contributed by atoms with van der Waals surface area (Å²) in [6.07, 6.45) is 0.0588. The fourth-order valence-corrected chi connectivity index (χ4v) is 3.00. The minimum Gasteiger partial charge on any atom is -0.491 e. The van der Waals surface area contributed by atoms with Crippen molar-refractivity contribution in [3.63, 3.8) is 0 Å². The summed E-state index contributed by atoms with van der Waals surface area (Å²) in [6.45, 7) is 7.13. The van der Waals surface area contributed by atoms with Crippen molar-refractivity contribution in [2.45, 2.75) is 32.6 Å². The fraction of sp³-hybridized carbons (Fsp3) is 0.400. The molecule has 2 aromatic carbocycles. The van der Waals surface area contributed by atoms with Crippen molar-refractivity contribution < 1.29 is 13.9 Å². The average molecular weight is 329 g/mol. The third-order valence-corrected chi connectivity index (χ3v) is 4.10. The Kier molecular flexibility index (Phi) is 5.48. The zero-order valence-electron chi connectivity index (χ0n) is 14.2. The second-order valence-corrected chi connectivity index (χ2v) is 6.42. The Morgan fingerprint density at radius 2 is 2.04 bits per heavy atom. The Labute approximate surface area is 143 Å². The van der Waals surface area contributed by atoms with Crippen molar-refractivity contribution in [3.8, 4) is 5.75 Å². The van der Waals surface area contributed by atoms with Crippen molar-refractivity contribution in [1.29, 1.82) is 0 Å². The highest BCUT2D eigenvalue weighted by molar-refractivity contribution is 5.33. The molecule has 2 aromatic rings. The number of hydrogen-bond acceptors (Lipinski definition) is 3. The minimum atomic E-state index is -0.219. The second-order valence-electron chi connectivity index (χ2n) is 6.42. The molecule has 0 spiro atoms. The monoisotopic (exact) mass is 329 g/mol. The molecule has 0 saturated carbocycles. The van der Waals surface area contributed by atoms with Crippen LogP contribution in [-0.4, -0.2) is 30.7 Å². The maximum Gasteiger partial charge on any atom is 0.124 e. The zero-order chi connectivity index (χ0) is 16.9. The first kappa shape index (κ1) is 16.9. The van der Waals surface area contributed by atoms with Gasteiger partial charge in [-0.3, -0.25) is 4.90 Å². The standard InChI is InChI=1S/C20H24FNO2/c1-15(2)24-19-9-4-3-6-17(19)13-22-10-11-23-20(14-22)16-7-5-8-18(21)12-16/h3-9,12,15,20H,10-11,13-14H2,1-2H3/t20-/m0/s1. The number of benzene rings is 2. The summed E-state index contributed by atoms with van der Waals surface area (Å²) < 4.78 is 25.2. The average Bonchev–Trinajstić information content (AvgIpc) is 2.56. The Balaban J connectivity index is 1.70. The molecule has 4 heteroatoms. The summed E-state index contributed by atoms with van der Waals surface area (Å²) in [5, 5.41) is 0. The molecular weight excluding hydrogens is 305 g/mol. The third-order valence-electron chi connectivity index (χ3n) is 4.10. The summed E-state index contributed by atoms with van der Waals surface area (Å²) in [6, 6.07) is 14.8. The summed E-state index contributed by atoms with van der Waals surface area (Å²) in [4.78, 5) is 2.33. The number of nitrogens with zero attached hydrogens (tertiary/aromatic N) is 1. The smallest absolute Gasteiger partial charge is 0.124 e. The number of rotatable bonds is 5. The molecule has 3 nitrogen and oxygen atoms in total. The number of ether oxygens (including phenoxy) is 2. The molecule has 0 aliphatic carbocycles. The highest BCUT2D eigenvalue weighted by Crippen LogP contribution is 2.26. The predicted molar refractivity (Wildman–Crippen MR) is 92.6 cm³/mol. The van der Waals surface area contributed by atoms with Crippen LogP contribution in [0.3, 0.4) is 0 Å². The van der Waals surface area contributed by atoms with Crippen LogP contribution in [0.1, 0.15) is 31.1 Å². The predicted octanol–water partition coefficient (Wildman–Crippen LogP) is 4.19. The van der Waals surface area contributed by atoms with Gasteiger partial charge in [-0.15, -0.1) is 0 Å². The number of halogens is 1. The number of morpholine rings is 1. The van der Waals surface area contributed by atoms with Crippen molar-refractivity contribution in [2.24, 2.45) is 0 Å². The molecule has 0 radical (unpaired) electrons. The first-order valence-corrected chi connectivity index (χ1v) is 8.46. The van der Waals surface area contributed by atoms with Crippen LogP contribution >= 0.6 is 0 Å². The van der Waals surface area contributed by atoms with Crippen LogP contribution in [0.5, 0.6) is 5.75 Å². The van der Waals surface area contributed by atoms with E-state index >= 15 is 0 Å². The van der Waals surface area contributed by atoms with Gasteiger partial charge in [0.1, 0.15) is 11.6 Å². The van der Waals surface area contributed by atoms with Gasteiger partial charge < -0.3 is 9.47 Å². The molecule has 3 rings (SSSR count). The molecule has 0 bridgehead atoms. The highest BCUT2D eigenvalue weighted by atomic mass is 19.1. The minimum absolute atomic E-state index is 0.0902. The van der Waals surface area contributed by atoms with Crippen molar-refractivity contribution >= 4 is 0 Å². The topological polar surface area (TPSA) is 21.7 Å². The molecule has 1 aliphatic rings. The van der Waals surface area contributed by atoms with Gasteiger partial charge in [0.25, 0.3) is 0 Å². The molecule has 0 N–H and O–H groups in total. The van der Waals surface area contributed by atoms with E-state index in [1.165, 1.54) is 11.6 Å². The largest absolute Gasteiger partial charge is 0.491 e. The van der Waals surface area contributed by atoms with E-state index in [0.717, 1.165) is 30.9 Å². The Morgan fingerprint density at radius 3 is 2.83 bits per heavy atom. The van der Waals surface area contributed by atoms with Gasteiger partial charge in [-0.25, -0.2) is 4.39 Å². The van der Waals surface area contributed by atoms with Gasteiger partial charge in [0.2, 0.25) is 0 Å². The van der Waals surface area contributed by atoms with Gasteiger partial charge in [0.15, 0.2) is 0 Å². The third kappa shape index (κ3) is 4.34. The van der Waals surface area contributed by atoms with E-state index < -0.39 is 0 Å². The van der Waals surface area contributed by atoms with Crippen LogP contribution in [0.15, 0.2) is 48.5 Å². The van der Waals surface area contributed by atoms with Crippen LogP contribution in [0, 0.1) is 5.82 Å². The first-order valence-electron chi connectivity index (χ1n) is 8.46. The summed E-state index contributed by atoms with van der Waals surface area (Å²) in [5.74, 6) is 0.713. The van der Waals surface area contributed by atoms with Gasteiger partial charge in [-0.05, 0) is 37.6 Å². The molecule has 1 heterocycles. The summed E-state index contributed by atoms with van der Waals surface area (Å²) in [7, 11) is 0. The maximum absolute atomic E-state index is 13.5. The molecule has 0 aromatic heterocycles. The second kappa shape index (κ2) is 7.77. The fourth-order valence-electron chi connectivity index (χ4n) is 3.00.